The molecule has 2 aromatic rings. The lowest BCUT2D eigenvalue weighted by Crippen LogP contribution is -2.39. The molecule has 0 unspecified atom stereocenters. The summed E-state index contributed by atoms with van der Waals surface area (Å²) in [6.07, 6.45) is 3.63. The molecule has 7 nitrogen and oxygen atoms in total. The Bertz CT molecular complexity index is 1010. The molecule has 1 aliphatic rings. The van der Waals surface area contributed by atoms with E-state index in [9.17, 15) is 14.4 Å². The molecule has 0 fully saturated rings. The van der Waals surface area contributed by atoms with Crippen LogP contribution in [0.4, 0.5) is 0 Å². The fourth-order valence-electron chi connectivity index (χ4n) is 3.75. The van der Waals surface area contributed by atoms with Gasteiger partial charge < -0.3 is 19.9 Å². The maximum atomic E-state index is 13.0. The van der Waals surface area contributed by atoms with Gasteiger partial charge in [0.15, 0.2) is 0 Å². The van der Waals surface area contributed by atoms with Crippen LogP contribution in [0.1, 0.15) is 65.6 Å². The van der Waals surface area contributed by atoms with Gasteiger partial charge in [-0.2, -0.15) is 0 Å². The second kappa shape index (κ2) is 9.92. The number of rotatable bonds is 7. The number of hydrogen-bond acceptors (Lipinski definition) is 4. The van der Waals surface area contributed by atoms with Gasteiger partial charge in [0.25, 0.3) is 11.8 Å². The molecular formula is C24H31N3O4. The third kappa shape index (κ3) is 5.61. The number of nitrogens with zero attached hydrogens (tertiary/aromatic N) is 1. The Morgan fingerprint density at radius 1 is 1.10 bits per heavy atom. The summed E-state index contributed by atoms with van der Waals surface area (Å²) >= 11 is 0. The number of benzene rings is 1. The lowest BCUT2D eigenvalue weighted by Gasteiger charge is -2.26. The fourth-order valence-corrected chi connectivity index (χ4v) is 3.75. The molecule has 0 aliphatic carbocycles. The molecule has 2 amide bonds. The van der Waals surface area contributed by atoms with Crippen molar-refractivity contribution in [2.24, 2.45) is 5.92 Å². The van der Waals surface area contributed by atoms with Gasteiger partial charge in [0, 0.05) is 31.5 Å². The van der Waals surface area contributed by atoms with Crippen molar-refractivity contribution in [1.82, 2.24) is 15.2 Å². The maximum Gasteiger partial charge on any atom is 0.256 e. The number of fused-ring (bicyclic) bond motifs is 1. The van der Waals surface area contributed by atoms with E-state index in [1.807, 2.05) is 45.9 Å². The molecule has 0 spiro atoms. The highest BCUT2D eigenvalue weighted by Gasteiger charge is 2.24. The van der Waals surface area contributed by atoms with Crippen LogP contribution in [0, 0.1) is 5.92 Å². The number of ether oxygens (including phenoxy) is 1. The zero-order valence-electron chi connectivity index (χ0n) is 18.6. The van der Waals surface area contributed by atoms with Crippen LogP contribution in [0.25, 0.3) is 0 Å². The zero-order chi connectivity index (χ0) is 22.5. The van der Waals surface area contributed by atoms with E-state index < -0.39 is 17.2 Å². The van der Waals surface area contributed by atoms with Gasteiger partial charge in [-0.3, -0.25) is 14.4 Å². The number of hydrogen-bond donors (Lipinski definition) is 2. The van der Waals surface area contributed by atoms with Gasteiger partial charge in [-0.05, 0) is 37.3 Å². The summed E-state index contributed by atoms with van der Waals surface area (Å²) in [6.45, 7) is 9.13. The van der Waals surface area contributed by atoms with E-state index in [0.29, 0.717) is 13.2 Å². The van der Waals surface area contributed by atoms with Crippen LogP contribution in [0.5, 0.6) is 0 Å². The van der Waals surface area contributed by atoms with Crippen molar-refractivity contribution >= 4 is 11.8 Å². The predicted molar refractivity (Wildman–Crippen MR) is 119 cm³/mol. The van der Waals surface area contributed by atoms with E-state index in [-0.39, 0.29) is 35.7 Å². The van der Waals surface area contributed by atoms with Crippen LogP contribution < -0.4 is 16.1 Å². The Hall–Kier alpha value is -2.93. The normalized spacial score (nSPS) is 15.6. The quantitative estimate of drug-likeness (QED) is 0.714. The molecule has 2 N–H and O–H groups in total. The molecule has 31 heavy (non-hydrogen) atoms. The molecule has 1 aromatic heterocycles. The van der Waals surface area contributed by atoms with E-state index in [2.05, 4.69) is 16.7 Å². The van der Waals surface area contributed by atoms with Crippen molar-refractivity contribution in [3.8, 4) is 0 Å². The van der Waals surface area contributed by atoms with E-state index in [4.69, 9.17) is 4.74 Å². The van der Waals surface area contributed by atoms with Crippen LogP contribution in [0.3, 0.4) is 0 Å². The monoisotopic (exact) mass is 425 g/mol. The summed E-state index contributed by atoms with van der Waals surface area (Å²) in [4.78, 5) is 38.5. The van der Waals surface area contributed by atoms with Gasteiger partial charge in [0.1, 0.15) is 17.2 Å². The van der Waals surface area contributed by atoms with Gasteiger partial charge in [-0.1, -0.05) is 38.1 Å². The number of carbonyl (C=O) groups is 2. The van der Waals surface area contributed by atoms with E-state index in [1.54, 1.807) is 4.57 Å². The minimum atomic E-state index is -0.569. The first-order chi connectivity index (χ1) is 14.8. The van der Waals surface area contributed by atoms with Crippen molar-refractivity contribution in [3.05, 3.63) is 69.1 Å². The standard InChI is InChI=1S/C24H31N3O4/c1-15(2)12-27-13-19(22(28)20(14-27)24(30)26-16(3)4)23(29)25-11-21-18-8-6-5-7-17(18)9-10-31-21/h5-8,13-16,21H,9-12H2,1-4H3,(H,25,29)(H,26,30)/t21-/m1/s1. The predicted octanol–water partition coefficient (Wildman–Crippen LogP) is 2.69. The highest BCUT2D eigenvalue weighted by molar-refractivity contribution is 5.99. The number of carbonyl (C=O) groups excluding carboxylic acids is 2. The van der Waals surface area contributed by atoms with Crippen LogP contribution in [0.2, 0.25) is 0 Å². The highest BCUT2D eigenvalue weighted by Crippen LogP contribution is 2.26. The molecule has 1 aliphatic heterocycles. The summed E-state index contributed by atoms with van der Waals surface area (Å²) in [7, 11) is 0. The molecule has 0 saturated carbocycles. The summed E-state index contributed by atoms with van der Waals surface area (Å²) in [5.41, 5.74) is 1.62. The van der Waals surface area contributed by atoms with Gasteiger partial charge in [-0.15, -0.1) is 0 Å². The lowest BCUT2D eigenvalue weighted by molar-refractivity contribution is 0.0411. The minimum Gasteiger partial charge on any atom is -0.371 e. The largest absolute Gasteiger partial charge is 0.371 e. The summed E-state index contributed by atoms with van der Waals surface area (Å²) in [6, 6.07) is 7.88. The van der Waals surface area contributed by atoms with Crippen molar-refractivity contribution in [2.45, 2.75) is 52.8 Å². The second-order valence-electron chi connectivity index (χ2n) is 8.65. The van der Waals surface area contributed by atoms with Crippen molar-refractivity contribution < 1.29 is 14.3 Å². The first kappa shape index (κ1) is 22.7. The first-order valence-corrected chi connectivity index (χ1v) is 10.8. The molecule has 0 radical (unpaired) electrons. The smallest absolute Gasteiger partial charge is 0.256 e. The van der Waals surface area contributed by atoms with Crippen LogP contribution >= 0.6 is 0 Å². The van der Waals surface area contributed by atoms with Crippen molar-refractivity contribution in [1.29, 1.82) is 0 Å². The van der Waals surface area contributed by atoms with E-state index >= 15 is 0 Å². The molecule has 166 valence electrons. The third-order valence-corrected chi connectivity index (χ3v) is 5.10. The Morgan fingerprint density at radius 2 is 1.77 bits per heavy atom. The fraction of sp³-hybridized carbons (Fsp3) is 0.458. The number of pyridine rings is 1. The van der Waals surface area contributed by atoms with Gasteiger partial charge in [0.05, 0.1) is 6.61 Å². The SMILES string of the molecule is CC(C)Cn1cc(C(=O)NC[C@H]2OCCc3ccccc32)c(=O)c(C(=O)NC(C)C)c1. The van der Waals surface area contributed by atoms with Crippen LogP contribution in [0.15, 0.2) is 41.5 Å². The average molecular weight is 426 g/mol. The maximum absolute atomic E-state index is 13.0. The van der Waals surface area contributed by atoms with Crippen LogP contribution in [-0.4, -0.2) is 35.6 Å². The summed E-state index contributed by atoms with van der Waals surface area (Å²) in [5.74, 6) is -0.698. The summed E-state index contributed by atoms with van der Waals surface area (Å²) < 4.78 is 7.58. The molecule has 0 saturated heterocycles. The average Bonchev–Trinajstić information content (AvgIpc) is 2.72. The topological polar surface area (TPSA) is 89.4 Å². The van der Waals surface area contributed by atoms with Crippen molar-refractivity contribution in [3.63, 3.8) is 0 Å². The van der Waals surface area contributed by atoms with Crippen molar-refractivity contribution in [2.75, 3.05) is 13.2 Å². The van der Waals surface area contributed by atoms with E-state index in [1.165, 1.54) is 18.0 Å². The lowest BCUT2D eigenvalue weighted by atomic mass is 9.97. The molecular weight excluding hydrogens is 394 g/mol. The first-order valence-electron chi connectivity index (χ1n) is 10.8. The number of nitrogens with one attached hydrogen (secondary N) is 2. The molecule has 7 heteroatoms. The zero-order valence-corrected chi connectivity index (χ0v) is 18.6. The Balaban J connectivity index is 1.84. The molecule has 2 heterocycles. The Kier molecular flexibility index (Phi) is 7.28. The molecule has 1 atom stereocenters. The van der Waals surface area contributed by atoms with Gasteiger partial charge >= 0.3 is 0 Å². The Morgan fingerprint density at radius 3 is 2.45 bits per heavy atom. The van der Waals surface area contributed by atoms with Gasteiger partial charge in [0.2, 0.25) is 5.43 Å². The van der Waals surface area contributed by atoms with Crippen LogP contribution in [-0.2, 0) is 17.7 Å². The molecule has 1 aromatic carbocycles. The number of aromatic nitrogens is 1. The molecule has 0 bridgehead atoms. The van der Waals surface area contributed by atoms with E-state index in [0.717, 1.165) is 12.0 Å². The number of amides is 2. The second-order valence-corrected chi connectivity index (χ2v) is 8.65. The highest BCUT2D eigenvalue weighted by atomic mass is 16.5. The van der Waals surface area contributed by atoms with Gasteiger partial charge in [-0.25, -0.2) is 0 Å². The minimum absolute atomic E-state index is 0.0266. The summed E-state index contributed by atoms with van der Waals surface area (Å²) in [5, 5.41) is 5.57. The Labute approximate surface area is 182 Å². The molecule has 3 rings (SSSR count). The third-order valence-electron chi connectivity index (χ3n) is 5.10.